The minimum Gasteiger partial charge on any atom is -0.481 e. The Morgan fingerprint density at radius 2 is 1.53 bits per heavy atom. The Labute approximate surface area is 232 Å². The smallest absolute Gasteiger partial charge is 0.303 e. The van der Waals surface area contributed by atoms with E-state index in [0.29, 0.717) is 35.2 Å². The van der Waals surface area contributed by atoms with Crippen LogP contribution >= 0.6 is 24.0 Å². The predicted molar refractivity (Wildman–Crippen MR) is 159 cm³/mol. The standard InChI is InChI=1S/C30H32N2O4S2/c33-27(31-17-9-1-4-16-28(34)35)15-3-2-10-18-32-29(36)26(38-30(32)37)20-25-23-13-7-5-11-21(23)19-22-12-6-8-14-24(22)25/h5-8,11-14,19-20H,1-4,9-10,15-18H2,(H,31,33)(H,34,35)/b26-20-. The van der Waals surface area contributed by atoms with Gasteiger partial charge in [-0.3, -0.25) is 19.3 Å². The highest BCUT2D eigenvalue weighted by atomic mass is 32.2. The number of carbonyl (C=O) groups excluding carboxylic acids is 2. The topological polar surface area (TPSA) is 86.7 Å². The average Bonchev–Trinajstić information content (AvgIpc) is 3.17. The SMILES string of the molecule is O=C(O)CCCCCNC(=O)CCCCCN1C(=O)/C(=C/c2c3ccccc3cc3ccccc23)SC1=S. The molecule has 38 heavy (non-hydrogen) atoms. The van der Waals surface area contributed by atoms with E-state index in [1.807, 2.05) is 30.3 Å². The van der Waals surface area contributed by atoms with Gasteiger partial charge in [-0.2, -0.15) is 0 Å². The lowest BCUT2D eigenvalue weighted by Crippen LogP contribution is -2.29. The van der Waals surface area contributed by atoms with E-state index in [2.05, 4.69) is 35.6 Å². The number of nitrogens with zero attached hydrogens (tertiary/aromatic N) is 1. The zero-order valence-corrected chi connectivity index (χ0v) is 22.9. The molecule has 2 N–H and O–H groups in total. The van der Waals surface area contributed by atoms with Gasteiger partial charge < -0.3 is 10.4 Å². The molecule has 3 aromatic carbocycles. The fourth-order valence-electron chi connectivity index (χ4n) is 4.65. The van der Waals surface area contributed by atoms with E-state index in [0.717, 1.165) is 59.2 Å². The number of benzene rings is 3. The molecule has 0 aromatic heterocycles. The van der Waals surface area contributed by atoms with Gasteiger partial charge in [0.05, 0.1) is 4.91 Å². The summed E-state index contributed by atoms with van der Waals surface area (Å²) in [6.45, 7) is 1.12. The van der Waals surface area contributed by atoms with Crippen molar-refractivity contribution in [1.82, 2.24) is 10.2 Å². The number of thioether (sulfide) groups is 1. The Kier molecular flexibility index (Phi) is 9.90. The summed E-state index contributed by atoms with van der Waals surface area (Å²) >= 11 is 6.90. The van der Waals surface area contributed by atoms with Crippen molar-refractivity contribution < 1.29 is 19.5 Å². The van der Waals surface area contributed by atoms with Crippen LogP contribution in [0.25, 0.3) is 27.6 Å². The normalized spacial score (nSPS) is 14.6. The van der Waals surface area contributed by atoms with E-state index in [1.54, 1.807) is 4.90 Å². The lowest BCUT2D eigenvalue weighted by Gasteiger charge is -2.14. The average molecular weight is 549 g/mol. The minimum absolute atomic E-state index is 0.0130. The molecule has 198 valence electrons. The van der Waals surface area contributed by atoms with Crippen LogP contribution in [0.4, 0.5) is 0 Å². The van der Waals surface area contributed by atoms with Gasteiger partial charge in [-0.05, 0) is 64.9 Å². The molecule has 3 aromatic rings. The van der Waals surface area contributed by atoms with Crippen LogP contribution < -0.4 is 5.32 Å². The maximum Gasteiger partial charge on any atom is 0.303 e. The molecule has 0 aliphatic carbocycles. The first kappa shape index (κ1) is 27.8. The number of hydrogen-bond acceptors (Lipinski definition) is 5. The summed E-state index contributed by atoms with van der Waals surface area (Å²) in [7, 11) is 0. The highest BCUT2D eigenvalue weighted by Gasteiger charge is 2.31. The Bertz CT molecular complexity index is 1330. The molecule has 0 saturated carbocycles. The van der Waals surface area contributed by atoms with Crippen molar-refractivity contribution >= 4 is 73.7 Å². The van der Waals surface area contributed by atoms with Gasteiger partial charge in [0.1, 0.15) is 4.32 Å². The number of nitrogens with one attached hydrogen (secondary N) is 1. The predicted octanol–water partition coefficient (Wildman–Crippen LogP) is 6.52. The molecule has 2 amide bonds. The number of thiocarbonyl (C=S) groups is 1. The molecular weight excluding hydrogens is 516 g/mol. The summed E-state index contributed by atoms with van der Waals surface area (Å²) in [6, 6.07) is 18.6. The van der Waals surface area contributed by atoms with Crippen LogP contribution in [-0.2, 0) is 14.4 Å². The Morgan fingerprint density at radius 3 is 2.21 bits per heavy atom. The number of carbonyl (C=O) groups is 3. The molecule has 0 spiro atoms. The van der Waals surface area contributed by atoms with Gasteiger partial charge in [0, 0.05) is 25.9 Å². The molecule has 8 heteroatoms. The number of hydrogen-bond donors (Lipinski definition) is 2. The largest absolute Gasteiger partial charge is 0.481 e. The van der Waals surface area contributed by atoms with E-state index in [9.17, 15) is 14.4 Å². The van der Waals surface area contributed by atoms with Crippen molar-refractivity contribution in [2.24, 2.45) is 0 Å². The monoisotopic (exact) mass is 548 g/mol. The summed E-state index contributed by atoms with van der Waals surface area (Å²) in [5.41, 5.74) is 1.03. The van der Waals surface area contributed by atoms with E-state index in [1.165, 1.54) is 11.8 Å². The van der Waals surface area contributed by atoms with Crippen molar-refractivity contribution in [2.45, 2.75) is 51.4 Å². The number of aliphatic carboxylic acids is 1. The molecule has 0 unspecified atom stereocenters. The third-order valence-corrected chi connectivity index (χ3v) is 8.01. The highest BCUT2D eigenvalue weighted by Crippen LogP contribution is 2.36. The molecular formula is C30H32N2O4S2. The molecule has 6 nitrogen and oxygen atoms in total. The van der Waals surface area contributed by atoms with Gasteiger partial charge in [-0.15, -0.1) is 0 Å². The number of carboxylic acid groups (broad SMARTS) is 1. The zero-order chi connectivity index (χ0) is 26.9. The Morgan fingerprint density at radius 1 is 0.895 bits per heavy atom. The third kappa shape index (κ3) is 7.20. The van der Waals surface area contributed by atoms with E-state index >= 15 is 0 Å². The van der Waals surface area contributed by atoms with Crippen LogP contribution in [0.1, 0.15) is 56.9 Å². The molecule has 4 rings (SSSR count). The maximum absolute atomic E-state index is 13.2. The minimum atomic E-state index is -0.783. The van der Waals surface area contributed by atoms with Crippen LogP contribution in [0.2, 0.25) is 0 Å². The summed E-state index contributed by atoms with van der Waals surface area (Å²) in [6.07, 6.45) is 7.17. The molecule has 1 aliphatic heterocycles. The van der Waals surface area contributed by atoms with Crippen molar-refractivity contribution in [1.29, 1.82) is 0 Å². The van der Waals surface area contributed by atoms with Gasteiger partial charge in [0.25, 0.3) is 5.91 Å². The summed E-state index contributed by atoms with van der Waals surface area (Å²) in [4.78, 5) is 38.1. The number of rotatable bonds is 13. The van der Waals surface area contributed by atoms with E-state index < -0.39 is 5.97 Å². The molecule has 1 heterocycles. The van der Waals surface area contributed by atoms with Crippen molar-refractivity contribution in [3.8, 4) is 0 Å². The fourth-order valence-corrected chi connectivity index (χ4v) is 5.95. The van der Waals surface area contributed by atoms with Gasteiger partial charge >= 0.3 is 5.97 Å². The second-order valence-corrected chi connectivity index (χ2v) is 11.1. The molecule has 1 fully saturated rings. The van der Waals surface area contributed by atoms with Crippen LogP contribution in [-0.4, -0.2) is 45.2 Å². The first-order chi connectivity index (χ1) is 18.4. The fraction of sp³-hybridized carbons (Fsp3) is 0.333. The molecule has 0 radical (unpaired) electrons. The van der Waals surface area contributed by atoms with Gasteiger partial charge in [-0.25, -0.2) is 0 Å². The quantitative estimate of drug-likeness (QED) is 0.110. The Balaban J connectivity index is 1.28. The number of unbranched alkanes of at least 4 members (excludes halogenated alkanes) is 4. The van der Waals surface area contributed by atoms with Gasteiger partial charge in [0.2, 0.25) is 5.91 Å². The lowest BCUT2D eigenvalue weighted by molar-refractivity contribution is -0.137. The van der Waals surface area contributed by atoms with Crippen LogP contribution in [0.15, 0.2) is 59.5 Å². The van der Waals surface area contributed by atoms with Gasteiger partial charge in [0.15, 0.2) is 0 Å². The van der Waals surface area contributed by atoms with Crippen molar-refractivity contribution in [2.75, 3.05) is 13.1 Å². The molecule has 0 bridgehead atoms. The number of carboxylic acids is 1. The zero-order valence-electron chi connectivity index (χ0n) is 21.3. The second kappa shape index (κ2) is 13.5. The molecule has 1 aliphatic rings. The number of fused-ring (bicyclic) bond motifs is 2. The summed E-state index contributed by atoms with van der Waals surface area (Å²) in [5, 5.41) is 16.0. The first-order valence-corrected chi connectivity index (χ1v) is 14.3. The lowest BCUT2D eigenvalue weighted by atomic mass is 9.96. The molecule has 0 atom stereocenters. The van der Waals surface area contributed by atoms with E-state index in [-0.39, 0.29) is 18.2 Å². The van der Waals surface area contributed by atoms with Crippen LogP contribution in [0, 0.1) is 0 Å². The maximum atomic E-state index is 13.2. The van der Waals surface area contributed by atoms with Crippen LogP contribution in [0.3, 0.4) is 0 Å². The summed E-state index contributed by atoms with van der Waals surface area (Å²) in [5.74, 6) is -0.827. The van der Waals surface area contributed by atoms with E-state index in [4.69, 9.17) is 17.3 Å². The highest BCUT2D eigenvalue weighted by molar-refractivity contribution is 8.26. The Hall–Kier alpha value is -3.23. The van der Waals surface area contributed by atoms with Gasteiger partial charge in [-0.1, -0.05) is 85.4 Å². The second-order valence-electron chi connectivity index (χ2n) is 9.43. The first-order valence-electron chi connectivity index (χ1n) is 13.1. The third-order valence-electron chi connectivity index (χ3n) is 6.64. The van der Waals surface area contributed by atoms with Crippen LogP contribution in [0.5, 0.6) is 0 Å². The van der Waals surface area contributed by atoms with Crippen molar-refractivity contribution in [3.05, 3.63) is 65.1 Å². The molecule has 1 saturated heterocycles. The summed E-state index contributed by atoms with van der Waals surface area (Å²) < 4.78 is 0.575. The van der Waals surface area contributed by atoms with Crippen molar-refractivity contribution in [3.63, 3.8) is 0 Å². The number of amides is 2.